The molecule has 1 aromatic heterocycles. The second-order valence-electron chi connectivity index (χ2n) is 7.46. The average molecular weight is 405 g/mol. The minimum absolute atomic E-state index is 0.0507. The summed E-state index contributed by atoms with van der Waals surface area (Å²) in [4.78, 5) is 16.1. The molecule has 0 spiro atoms. The standard InChI is InChI=1S/C20H24N2O3S2/c1-14-12-16-6-3-4-8-18(16)22(14)20(23)17-7-5-11-21(13-17)27(24,25)19-10-9-15(2)26-19/h3-4,6,8-10,14,17H,5,7,11-13H2,1-2H3/t14-,17-/m1/s1. The number of carbonyl (C=O) groups excluding carboxylic acids is 1. The molecule has 0 unspecified atom stereocenters. The number of aryl methyl sites for hydroxylation is 1. The lowest BCUT2D eigenvalue weighted by Gasteiger charge is -2.34. The summed E-state index contributed by atoms with van der Waals surface area (Å²) in [5, 5.41) is 0. The number of para-hydroxylation sites is 1. The van der Waals surface area contributed by atoms with Crippen LogP contribution in [0, 0.1) is 12.8 Å². The van der Waals surface area contributed by atoms with Crippen LogP contribution < -0.4 is 4.90 Å². The summed E-state index contributed by atoms with van der Waals surface area (Å²) in [5.74, 6) is -0.238. The first kappa shape index (κ1) is 18.7. The number of fused-ring (bicyclic) bond motifs is 1. The summed E-state index contributed by atoms with van der Waals surface area (Å²) in [6.45, 7) is 4.71. The van der Waals surface area contributed by atoms with Gasteiger partial charge in [0.2, 0.25) is 5.91 Å². The third-order valence-electron chi connectivity index (χ3n) is 5.49. The average Bonchev–Trinajstić information content (AvgIpc) is 3.24. The fourth-order valence-electron chi connectivity index (χ4n) is 4.14. The number of sulfonamides is 1. The van der Waals surface area contributed by atoms with Crippen LogP contribution in [0.4, 0.5) is 5.69 Å². The molecule has 0 N–H and O–H groups in total. The first-order valence-electron chi connectivity index (χ1n) is 9.35. The number of rotatable bonds is 3. The minimum Gasteiger partial charge on any atom is -0.309 e. The van der Waals surface area contributed by atoms with Gasteiger partial charge in [0.25, 0.3) is 10.0 Å². The number of hydrogen-bond acceptors (Lipinski definition) is 4. The molecule has 0 aliphatic carbocycles. The van der Waals surface area contributed by atoms with Crippen LogP contribution in [0.2, 0.25) is 0 Å². The topological polar surface area (TPSA) is 57.7 Å². The van der Waals surface area contributed by atoms with E-state index >= 15 is 0 Å². The lowest BCUT2D eigenvalue weighted by molar-refractivity contribution is -0.123. The Morgan fingerprint density at radius 3 is 2.70 bits per heavy atom. The lowest BCUT2D eigenvalue weighted by Crippen LogP contribution is -2.48. The van der Waals surface area contributed by atoms with E-state index < -0.39 is 10.0 Å². The monoisotopic (exact) mass is 404 g/mol. The number of amides is 1. The van der Waals surface area contributed by atoms with Crippen molar-refractivity contribution < 1.29 is 13.2 Å². The number of benzene rings is 1. The maximum atomic E-state index is 13.3. The van der Waals surface area contributed by atoms with Gasteiger partial charge in [-0.15, -0.1) is 11.3 Å². The van der Waals surface area contributed by atoms with Crippen LogP contribution >= 0.6 is 11.3 Å². The Morgan fingerprint density at radius 2 is 1.96 bits per heavy atom. The molecule has 0 saturated carbocycles. The Labute approximate surface area is 164 Å². The van der Waals surface area contributed by atoms with Gasteiger partial charge in [-0.2, -0.15) is 4.31 Å². The highest BCUT2D eigenvalue weighted by atomic mass is 32.2. The second kappa shape index (κ2) is 7.04. The number of nitrogens with zero attached hydrogens (tertiary/aromatic N) is 2. The zero-order valence-electron chi connectivity index (χ0n) is 15.6. The molecule has 2 atom stereocenters. The fourth-order valence-corrected chi connectivity index (χ4v) is 7.10. The molecule has 1 aromatic carbocycles. The van der Waals surface area contributed by atoms with Crippen molar-refractivity contribution in [2.75, 3.05) is 18.0 Å². The van der Waals surface area contributed by atoms with E-state index in [9.17, 15) is 13.2 Å². The highest BCUT2D eigenvalue weighted by molar-refractivity contribution is 7.91. The molecular weight excluding hydrogens is 380 g/mol. The first-order chi connectivity index (χ1) is 12.9. The maximum Gasteiger partial charge on any atom is 0.252 e. The van der Waals surface area contributed by atoms with Gasteiger partial charge in [0.1, 0.15) is 4.21 Å². The smallest absolute Gasteiger partial charge is 0.252 e. The largest absolute Gasteiger partial charge is 0.309 e. The molecule has 2 aromatic rings. The minimum atomic E-state index is -3.52. The third-order valence-corrected chi connectivity index (χ3v) is 8.82. The highest BCUT2D eigenvalue weighted by Gasteiger charge is 2.39. The van der Waals surface area contributed by atoms with Gasteiger partial charge in [0, 0.05) is 29.7 Å². The van der Waals surface area contributed by atoms with E-state index in [0.717, 1.165) is 23.4 Å². The number of piperidine rings is 1. The normalized spacial score (nSPS) is 23.4. The molecule has 27 heavy (non-hydrogen) atoms. The molecule has 1 amide bonds. The van der Waals surface area contributed by atoms with Crippen LogP contribution in [0.5, 0.6) is 0 Å². The second-order valence-corrected chi connectivity index (χ2v) is 10.9. The molecule has 3 heterocycles. The summed E-state index contributed by atoms with van der Waals surface area (Å²) in [5.41, 5.74) is 2.16. The van der Waals surface area contributed by atoms with Crippen molar-refractivity contribution in [3.8, 4) is 0 Å². The summed E-state index contributed by atoms with van der Waals surface area (Å²) in [6, 6.07) is 11.6. The van der Waals surface area contributed by atoms with E-state index in [4.69, 9.17) is 0 Å². The quantitative estimate of drug-likeness (QED) is 0.787. The number of thiophene rings is 1. The van der Waals surface area contributed by atoms with Crippen molar-refractivity contribution in [1.82, 2.24) is 4.31 Å². The molecule has 2 aliphatic heterocycles. The molecule has 7 heteroatoms. The number of hydrogen-bond donors (Lipinski definition) is 0. The summed E-state index contributed by atoms with van der Waals surface area (Å²) in [7, 11) is -3.52. The Hall–Kier alpha value is -1.70. The van der Waals surface area contributed by atoms with E-state index in [1.165, 1.54) is 21.2 Å². The SMILES string of the molecule is Cc1ccc(S(=O)(=O)N2CCC[C@@H](C(=O)N3c4ccccc4C[C@H]3C)C2)s1. The van der Waals surface area contributed by atoms with Crippen LogP contribution in [0.1, 0.15) is 30.2 Å². The maximum absolute atomic E-state index is 13.3. The van der Waals surface area contributed by atoms with Gasteiger partial charge in [-0.1, -0.05) is 18.2 Å². The van der Waals surface area contributed by atoms with Crippen molar-refractivity contribution in [3.05, 3.63) is 46.8 Å². The zero-order valence-corrected chi connectivity index (χ0v) is 17.2. The Balaban J connectivity index is 1.56. The zero-order chi connectivity index (χ0) is 19.2. The van der Waals surface area contributed by atoms with Crippen LogP contribution in [0.15, 0.2) is 40.6 Å². The third kappa shape index (κ3) is 3.32. The van der Waals surface area contributed by atoms with E-state index in [1.54, 1.807) is 6.07 Å². The molecule has 0 radical (unpaired) electrons. The van der Waals surface area contributed by atoms with Crippen molar-refractivity contribution in [3.63, 3.8) is 0 Å². The molecule has 1 fully saturated rings. The van der Waals surface area contributed by atoms with Crippen molar-refractivity contribution in [2.45, 2.75) is 43.4 Å². The molecule has 4 rings (SSSR count). The van der Waals surface area contributed by atoms with Gasteiger partial charge in [-0.05, 0) is 56.9 Å². The molecular formula is C20H24N2O3S2. The van der Waals surface area contributed by atoms with Crippen molar-refractivity contribution in [1.29, 1.82) is 0 Å². The molecule has 0 bridgehead atoms. The van der Waals surface area contributed by atoms with E-state index in [1.807, 2.05) is 36.1 Å². The number of anilines is 1. The van der Waals surface area contributed by atoms with Gasteiger partial charge in [-0.25, -0.2) is 8.42 Å². The van der Waals surface area contributed by atoms with Gasteiger partial charge < -0.3 is 4.90 Å². The summed E-state index contributed by atoms with van der Waals surface area (Å²) >= 11 is 1.29. The highest BCUT2D eigenvalue weighted by Crippen LogP contribution is 2.35. The molecule has 144 valence electrons. The fraction of sp³-hybridized carbons (Fsp3) is 0.450. The first-order valence-corrected chi connectivity index (χ1v) is 11.6. The van der Waals surface area contributed by atoms with Crippen molar-refractivity contribution >= 4 is 33.0 Å². The van der Waals surface area contributed by atoms with Crippen LogP contribution in [0.25, 0.3) is 0 Å². The van der Waals surface area contributed by atoms with E-state index in [2.05, 4.69) is 13.0 Å². The molecule has 1 saturated heterocycles. The Bertz CT molecular complexity index is 967. The van der Waals surface area contributed by atoms with E-state index in [0.29, 0.717) is 17.2 Å². The molecule has 5 nitrogen and oxygen atoms in total. The summed E-state index contributed by atoms with van der Waals surface area (Å²) in [6.07, 6.45) is 2.30. The van der Waals surface area contributed by atoms with Gasteiger partial charge in [0.15, 0.2) is 0 Å². The van der Waals surface area contributed by atoms with Crippen LogP contribution in [-0.2, 0) is 21.2 Å². The van der Waals surface area contributed by atoms with E-state index in [-0.39, 0.29) is 24.4 Å². The predicted molar refractivity (Wildman–Crippen MR) is 108 cm³/mol. The molecule has 2 aliphatic rings. The summed E-state index contributed by atoms with van der Waals surface area (Å²) < 4.78 is 27.8. The van der Waals surface area contributed by atoms with Gasteiger partial charge in [0.05, 0.1) is 5.92 Å². The van der Waals surface area contributed by atoms with Crippen LogP contribution in [-0.4, -0.2) is 37.8 Å². The van der Waals surface area contributed by atoms with Gasteiger partial charge >= 0.3 is 0 Å². The van der Waals surface area contributed by atoms with Crippen LogP contribution in [0.3, 0.4) is 0 Å². The lowest BCUT2D eigenvalue weighted by atomic mass is 9.97. The Morgan fingerprint density at radius 1 is 1.19 bits per heavy atom. The van der Waals surface area contributed by atoms with Gasteiger partial charge in [-0.3, -0.25) is 4.79 Å². The predicted octanol–water partition coefficient (Wildman–Crippen LogP) is 3.44. The van der Waals surface area contributed by atoms with Crippen molar-refractivity contribution in [2.24, 2.45) is 5.92 Å². The Kier molecular flexibility index (Phi) is 4.86. The number of carbonyl (C=O) groups is 1.